The first kappa shape index (κ1) is 33.9. The average molecular weight is 724 g/mol. The number of amides is 1. The van der Waals surface area contributed by atoms with Gasteiger partial charge in [-0.25, -0.2) is 4.99 Å². The van der Waals surface area contributed by atoms with Crippen molar-refractivity contribution in [2.24, 2.45) is 4.99 Å². The van der Waals surface area contributed by atoms with Crippen LogP contribution in [0.3, 0.4) is 0 Å². The van der Waals surface area contributed by atoms with Crippen LogP contribution >= 0.6 is 15.9 Å². The van der Waals surface area contributed by atoms with Crippen molar-refractivity contribution in [3.05, 3.63) is 93.5 Å². The molecule has 16 heteroatoms. The zero-order valence-corrected chi connectivity index (χ0v) is 26.3. The molecule has 5 rings (SSSR count). The number of aliphatic imine (C=N–C) groups is 1. The predicted octanol–water partition coefficient (Wildman–Crippen LogP) is 8.32. The number of nitrogens with one attached hydrogen (secondary N) is 3. The van der Waals surface area contributed by atoms with E-state index in [9.17, 15) is 31.1 Å². The Hall–Kier alpha value is -4.47. The first-order valence-corrected chi connectivity index (χ1v) is 15.4. The van der Waals surface area contributed by atoms with Crippen LogP contribution in [0.1, 0.15) is 65.1 Å². The molecule has 1 fully saturated rings. The van der Waals surface area contributed by atoms with Gasteiger partial charge in [0.2, 0.25) is 5.96 Å². The number of hydrogen-bond acceptors (Lipinski definition) is 5. The fourth-order valence-electron chi connectivity index (χ4n) is 5.29. The van der Waals surface area contributed by atoms with E-state index < -0.39 is 30.4 Å². The Morgan fingerprint density at radius 1 is 0.936 bits per heavy atom. The highest BCUT2D eigenvalue weighted by atomic mass is 79.9. The number of alkyl halides is 6. The SMILES string of the molecule is O=C(Nc1nn[nH]n1)c1ccc(CN(/C(=N\CC(F)(F)F)Nc2cc(Br)cc(C(F)(F)F)c2)c2ccc(C3CCCCC3)cc2)cc1. The molecule has 0 radical (unpaired) electrons. The van der Waals surface area contributed by atoms with Gasteiger partial charge in [0.15, 0.2) is 0 Å². The zero-order valence-electron chi connectivity index (χ0n) is 24.7. The summed E-state index contributed by atoms with van der Waals surface area (Å²) in [7, 11) is 0. The molecule has 0 spiro atoms. The van der Waals surface area contributed by atoms with Crippen molar-refractivity contribution >= 4 is 45.1 Å². The van der Waals surface area contributed by atoms with Gasteiger partial charge in [-0.1, -0.05) is 64.6 Å². The van der Waals surface area contributed by atoms with Gasteiger partial charge in [0, 0.05) is 21.4 Å². The largest absolute Gasteiger partial charge is 0.416 e. The molecular weight excluding hydrogens is 694 g/mol. The number of guanidine groups is 1. The molecule has 4 aromatic rings. The van der Waals surface area contributed by atoms with E-state index in [1.54, 1.807) is 24.3 Å². The maximum Gasteiger partial charge on any atom is 0.416 e. The molecule has 3 N–H and O–H groups in total. The number of rotatable bonds is 8. The van der Waals surface area contributed by atoms with Crippen LogP contribution in [-0.2, 0) is 12.7 Å². The minimum Gasteiger partial charge on any atom is -0.326 e. The van der Waals surface area contributed by atoms with Gasteiger partial charge in [-0.2, -0.15) is 31.6 Å². The highest BCUT2D eigenvalue weighted by molar-refractivity contribution is 9.10. The summed E-state index contributed by atoms with van der Waals surface area (Å²) < 4.78 is 81.4. The van der Waals surface area contributed by atoms with E-state index in [-0.39, 0.29) is 34.2 Å². The number of aromatic nitrogens is 4. The second-order valence-corrected chi connectivity index (χ2v) is 11.9. The minimum absolute atomic E-state index is 0.0280. The Balaban J connectivity index is 1.50. The van der Waals surface area contributed by atoms with Gasteiger partial charge >= 0.3 is 12.4 Å². The third kappa shape index (κ3) is 9.53. The number of hydrogen-bond donors (Lipinski definition) is 3. The van der Waals surface area contributed by atoms with Gasteiger partial charge in [0.25, 0.3) is 11.9 Å². The number of anilines is 3. The lowest BCUT2D eigenvalue weighted by molar-refractivity contribution is -0.137. The van der Waals surface area contributed by atoms with Crippen LogP contribution in [0.4, 0.5) is 43.7 Å². The lowest BCUT2D eigenvalue weighted by Gasteiger charge is -2.29. The first-order valence-electron chi connectivity index (χ1n) is 14.6. The number of H-pyrrole nitrogens is 1. The molecule has 1 amide bonds. The van der Waals surface area contributed by atoms with E-state index in [4.69, 9.17) is 0 Å². The average Bonchev–Trinajstić information content (AvgIpc) is 3.55. The number of nitrogens with zero attached hydrogens (tertiary/aromatic N) is 5. The summed E-state index contributed by atoms with van der Waals surface area (Å²) in [6.45, 7) is -1.62. The van der Waals surface area contributed by atoms with E-state index in [1.165, 1.54) is 29.5 Å². The number of halogens is 7. The summed E-state index contributed by atoms with van der Waals surface area (Å²) in [6.07, 6.45) is -3.89. The standard InChI is InChI=1S/C31H29BrF6N8O/c32-24-14-23(31(36,37)38)15-25(16-24)40-29(39-18-30(33,34)35)46(26-12-10-21(11-13-26)20-4-2-1-3-5-20)17-19-6-8-22(9-7-19)27(47)41-28-42-44-45-43-28/h6-16,20H,1-5,17-18H2,(H,39,40)(H2,41,42,43,44,45,47). The van der Waals surface area contributed by atoms with Gasteiger partial charge in [-0.05, 0) is 77.6 Å². The molecule has 0 unspecified atom stereocenters. The van der Waals surface area contributed by atoms with E-state index in [0.717, 1.165) is 43.4 Å². The maximum absolute atomic E-state index is 13.6. The molecule has 1 aliphatic carbocycles. The summed E-state index contributed by atoms with van der Waals surface area (Å²) in [5, 5.41) is 18.1. The molecular formula is C31H29BrF6N8O. The van der Waals surface area contributed by atoms with Crippen LogP contribution in [0.15, 0.2) is 76.2 Å². The summed E-state index contributed by atoms with van der Waals surface area (Å²) in [5.74, 6) is -0.494. The quantitative estimate of drug-likeness (QED) is 0.0959. The van der Waals surface area contributed by atoms with Crippen LogP contribution in [0, 0.1) is 0 Å². The van der Waals surface area contributed by atoms with Gasteiger partial charge < -0.3 is 10.2 Å². The van der Waals surface area contributed by atoms with Crippen LogP contribution < -0.4 is 15.5 Å². The molecule has 1 aliphatic rings. The number of carbonyl (C=O) groups excluding carboxylic acids is 1. The molecule has 1 saturated carbocycles. The zero-order chi connectivity index (χ0) is 33.6. The van der Waals surface area contributed by atoms with Crippen molar-refractivity contribution in [2.45, 2.75) is 56.9 Å². The van der Waals surface area contributed by atoms with Gasteiger partial charge in [0.1, 0.15) is 6.54 Å². The van der Waals surface area contributed by atoms with E-state index in [1.807, 2.05) is 12.1 Å². The Kier molecular flexibility index (Phi) is 10.5. The first-order chi connectivity index (χ1) is 22.3. The van der Waals surface area contributed by atoms with Gasteiger partial charge in [-0.3, -0.25) is 10.1 Å². The Labute approximate surface area is 274 Å². The molecule has 9 nitrogen and oxygen atoms in total. The molecule has 0 atom stereocenters. The molecule has 0 aliphatic heterocycles. The molecule has 47 heavy (non-hydrogen) atoms. The summed E-state index contributed by atoms with van der Waals surface area (Å²) in [4.78, 5) is 17.8. The van der Waals surface area contributed by atoms with Crippen molar-refractivity contribution in [1.29, 1.82) is 0 Å². The van der Waals surface area contributed by atoms with Crippen LogP contribution in [0.5, 0.6) is 0 Å². The van der Waals surface area contributed by atoms with Crippen LogP contribution in [0.2, 0.25) is 0 Å². The van der Waals surface area contributed by atoms with Gasteiger partial charge in [-0.15, -0.1) is 5.10 Å². The molecule has 1 heterocycles. The Morgan fingerprint density at radius 2 is 1.64 bits per heavy atom. The highest BCUT2D eigenvalue weighted by Gasteiger charge is 2.32. The second-order valence-electron chi connectivity index (χ2n) is 11.0. The number of benzene rings is 3. The predicted molar refractivity (Wildman–Crippen MR) is 168 cm³/mol. The second kappa shape index (κ2) is 14.5. The molecule has 0 bridgehead atoms. The normalized spacial score (nSPS) is 14.6. The fourth-order valence-corrected chi connectivity index (χ4v) is 5.79. The number of carbonyl (C=O) groups is 1. The third-order valence-electron chi connectivity index (χ3n) is 7.55. The summed E-state index contributed by atoms with van der Waals surface area (Å²) in [6, 6.07) is 16.6. The summed E-state index contributed by atoms with van der Waals surface area (Å²) >= 11 is 3.07. The minimum atomic E-state index is -4.70. The monoisotopic (exact) mass is 722 g/mol. The lowest BCUT2D eigenvalue weighted by Crippen LogP contribution is -2.37. The Morgan fingerprint density at radius 3 is 2.26 bits per heavy atom. The van der Waals surface area contributed by atoms with E-state index >= 15 is 0 Å². The molecule has 1 aromatic heterocycles. The van der Waals surface area contributed by atoms with E-state index in [2.05, 4.69) is 52.2 Å². The Bertz CT molecular complexity index is 1670. The van der Waals surface area contributed by atoms with Gasteiger partial charge in [0.05, 0.1) is 12.1 Å². The maximum atomic E-state index is 13.6. The topological polar surface area (TPSA) is 111 Å². The third-order valence-corrected chi connectivity index (χ3v) is 8.01. The van der Waals surface area contributed by atoms with Crippen molar-refractivity contribution in [3.8, 4) is 0 Å². The van der Waals surface area contributed by atoms with E-state index in [0.29, 0.717) is 17.2 Å². The van der Waals surface area contributed by atoms with Crippen molar-refractivity contribution in [3.63, 3.8) is 0 Å². The molecule has 248 valence electrons. The van der Waals surface area contributed by atoms with Crippen molar-refractivity contribution < 1.29 is 31.1 Å². The van der Waals surface area contributed by atoms with Crippen molar-refractivity contribution in [1.82, 2.24) is 20.6 Å². The molecule has 0 saturated heterocycles. The highest BCUT2D eigenvalue weighted by Crippen LogP contribution is 2.35. The lowest BCUT2D eigenvalue weighted by atomic mass is 9.84. The van der Waals surface area contributed by atoms with Crippen LogP contribution in [0.25, 0.3) is 0 Å². The number of aromatic amines is 1. The fraction of sp³-hybridized carbons (Fsp3) is 0.323. The van der Waals surface area contributed by atoms with Crippen molar-refractivity contribution in [2.75, 3.05) is 22.1 Å². The summed E-state index contributed by atoms with van der Waals surface area (Å²) in [5.41, 5.74) is 1.27. The molecule has 3 aromatic carbocycles. The number of tetrazole rings is 1. The van der Waals surface area contributed by atoms with Crippen LogP contribution in [-0.4, -0.2) is 45.2 Å². The smallest absolute Gasteiger partial charge is 0.326 e.